The number of carbonyl (C=O) groups is 2. The Hall–Kier alpha value is -1.68. The first-order valence-electron chi connectivity index (χ1n) is 5.94. The van der Waals surface area contributed by atoms with Crippen LogP contribution >= 0.6 is 0 Å². The molecule has 0 radical (unpaired) electrons. The third-order valence-corrected chi connectivity index (χ3v) is 2.73. The van der Waals surface area contributed by atoms with E-state index in [0.29, 0.717) is 5.56 Å². The number of ether oxygens (including phenoxy) is 1. The van der Waals surface area contributed by atoms with E-state index in [9.17, 15) is 9.59 Å². The molecule has 98 valence electrons. The highest BCUT2D eigenvalue weighted by atomic mass is 16.5. The van der Waals surface area contributed by atoms with E-state index < -0.39 is 12.0 Å². The molecule has 4 heteroatoms. The molecule has 18 heavy (non-hydrogen) atoms. The van der Waals surface area contributed by atoms with Gasteiger partial charge in [-0.05, 0) is 18.4 Å². The van der Waals surface area contributed by atoms with E-state index in [1.54, 1.807) is 24.3 Å². The van der Waals surface area contributed by atoms with Crippen molar-refractivity contribution in [1.29, 1.82) is 0 Å². The number of carbonyl (C=O) groups excluding carboxylic acids is 2. The number of ketones is 1. The smallest absolute Gasteiger partial charge is 0.323 e. The summed E-state index contributed by atoms with van der Waals surface area (Å²) in [4.78, 5) is 22.6. The lowest BCUT2D eigenvalue weighted by Crippen LogP contribution is -2.36. The zero-order chi connectivity index (χ0) is 13.7. The van der Waals surface area contributed by atoms with Gasteiger partial charge in [-0.1, -0.05) is 38.1 Å². The second-order valence-electron chi connectivity index (χ2n) is 4.63. The van der Waals surface area contributed by atoms with Gasteiger partial charge in [-0.25, -0.2) is 0 Å². The molecule has 0 unspecified atom stereocenters. The maximum absolute atomic E-state index is 11.5. The number of hydrogen-bond donors (Lipinski definition) is 1. The van der Waals surface area contributed by atoms with Crippen LogP contribution in [0.5, 0.6) is 0 Å². The van der Waals surface area contributed by atoms with Gasteiger partial charge in [-0.3, -0.25) is 9.59 Å². The molecule has 0 amide bonds. The lowest BCUT2D eigenvalue weighted by molar-refractivity contribution is -0.147. The van der Waals surface area contributed by atoms with Gasteiger partial charge in [-0.2, -0.15) is 0 Å². The van der Waals surface area contributed by atoms with Gasteiger partial charge in [0.05, 0.1) is 0 Å². The minimum absolute atomic E-state index is 0.0142. The fraction of sp³-hybridized carbons (Fsp3) is 0.429. The highest BCUT2D eigenvalue weighted by Gasteiger charge is 2.18. The standard InChI is InChI=1S/C14H19NO3/c1-9(2)13(15)14(17)18-8-11-4-6-12(7-5-11)10(3)16/h4-7,9,13H,8,15H2,1-3H3/t13-/m0/s1. The lowest BCUT2D eigenvalue weighted by Gasteiger charge is -2.14. The first-order valence-corrected chi connectivity index (χ1v) is 5.94. The zero-order valence-electron chi connectivity index (χ0n) is 11.0. The summed E-state index contributed by atoms with van der Waals surface area (Å²) < 4.78 is 5.10. The van der Waals surface area contributed by atoms with Crippen LogP contribution in [0.2, 0.25) is 0 Å². The molecule has 0 aliphatic heterocycles. The summed E-state index contributed by atoms with van der Waals surface area (Å²) in [6.07, 6.45) is 0. The number of hydrogen-bond acceptors (Lipinski definition) is 4. The highest BCUT2D eigenvalue weighted by Crippen LogP contribution is 2.08. The Bertz CT molecular complexity index is 423. The van der Waals surface area contributed by atoms with Gasteiger partial charge in [-0.15, -0.1) is 0 Å². The maximum Gasteiger partial charge on any atom is 0.323 e. The lowest BCUT2D eigenvalue weighted by atomic mass is 10.1. The van der Waals surface area contributed by atoms with Crippen LogP contribution in [-0.2, 0) is 16.1 Å². The van der Waals surface area contributed by atoms with Crippen molar-refractivity contribution in [2.45, 2.75) is 33.4 Å². The molecule has 0 saturated heterocycles. The minimum atomic E-state index is -0.596. The predicted molar refractivity (Wildman–Crippen MR) is 69.1 cm³/mol. The zero-order valence-corrected chi connectivity index (χ0v) is 11.0. The first kappa shape index (κ1) is 14.4. The molecule has 1 aromatic rings. The molecular formula is C14H19NO3. The molecule has 2 N–H and O–H groups in total. The van der Waals surface area contributed by atoms with Crippen molar-refractivity contribution in [3.05, 3.63) is 35.4 Å². The number of esters is 1. The molecule has 4 nitrogen and oxygen atoms in total. The third kappa shape index (κ3) is 3.96. The van der Waals surface area contributed by atoms with Gasteiger partial charge in [0.1, 0.15) is 12.6 Å². The van der Waals surface area contributed by atoms with Crippen molar-refractivity contribution in [3.8, 4) is 0 Å². The molecule has 0 aromatic heterocycles. The van der Waals surface area contributed by atoms with E-state index in [4.69, 9.17) is 10.5 Å². The van der Waals surface area contributed by atoms with E-state index in [1.807, 2.05) is 13.8 Å². The van der Waals surface area contributed by atoms with E-state index >= 15 is 0 Å². The number of Topliss-reactive ketones (excluding diaryl/α,β-unsaturated/α-hetero) is 1. The fourth-order valence-electron chi connectivity index (χ4n) is 1.36. The van der Waals surface area contributed by atoms with Gasteiger partial charge in [0.2, 0.25) is 0 Å². The van der Waals surface area contributed by atoms with Crippen molar-refractivity contribution in [1.82, 2.24) is 0 Å². The molecule has 0 aliphatic carbocycles. The van der Waals surface area contributed by atoms with Crippen LogP contribution in [0, 0.1) is 5.92 Å². The fourth-order valence-corrected chi connectivity index (χ4v) is 1.36. The Balaban J connectivity index is 2.54. The molecule has 1 atom stereocenters. The Kier molecular flexibility index (Phi) is 5.04. The molecule has 0 fully saturated rings. The van der Waals surface area contributed by atoms with E-state index in [0.717, 1.165) is 5.56 Å². The van der Waals surface area contributed by atoms with Gasteiger partial charge in [0.25, 0.3) is 0 Å². The molecular weight excluding hydrogens is 230 g/mol. The monoisotopic (exact) mass is 249 g/mol. The van der Waals surface area contributed by atoms with Gasteiger partial charge < -0.3 is 10.5 Å². The van der Waals surface area contributed by atoms with Crippen LogP contribution < -0.4 is 5.73 Å². The van der Waals surface area contributed by atoms with Crippen molar-refractivity contribution in [2.75, 3.05) is 0 Å². The van der Waals surface area contributed by atoms with Crippen molar-refractivity contribution < 1.29 is 14.3 Å². The van der Waals surface area contributed by atoms with Crippen molar-refractivity contribution in [3.63, 3.8) is 0 Å². The van der Waals surface area contributed by atoms with E-state index in [-0.39, 0.29) is 18.3 Å². The summed E-state index contributed by atoms with van der Waals surface area (Å²) >= 11 is 0. The van der Waals surface area contributed by atoms with Crippen molar-refractivity contribution in [2.24, 2.45) is 11.7 Å². The van der Waals surface area contributed by atoms with Gasteiger partial charge in [0.15, 0.2) is 5.78 Å². The van der Waals surface area contributed by atoms with Crippen LogP contribution in [0.4, 0.5) is 0 Å². The Morgan fingerprint density at radius 3 is 2.22 bits per heavy atom. The molecule has 1 aromatic carbocycles. The summed E-state index contributed by atoms with van der Waals surface area (Å²) in [7, 11) is 0. The second-order valence-corrected chi connectivity index (χ2v) is 4.63. The highest BCUT2D eigenvalue weighted by molar-refractivity contribution is 5.94. The Morgan fingerprint density at radius 1 is 1.22 bits per heavy atom. The van der Waals surface area contributed by atoms with E-state index in [1.165, 1.54) is 6.92 Å². The van der Waals surface area contributed by atoms with Gasteiger partial charge >= 0.3 is 5.97 Å². The SMILES string of the molecule is CC(=O)c1ccc(COC(=O)[C@@H](N)C(C)C)cc1. The summed E-state index contributed by atoms with van der Waals surface area (Å²) in [5, 5.41) is 0. The topological polar surface area (TPSA) is 69.4 Å². The van der Waals surface area contributed by atoms with E-state index in [2.05, 4.69) is 0 Å². The molecule has 0 spiro atoms. The molecule has 0 aliphatic rings. The average Bonchev–Trinajstić information content (AvgIpc) is 2.35. The maximum atomic E-state index is 11.5. The van der Waals surface area contributed by atoms with Crippen LogP contribution in [-0.4, -0.2) is 17.8 Å². The molecule has 1 rings (SSSR count). The number of benzene rings is 1. The largest absolute Gasteiger partial charge is 0.460 e. The van der Waals surface area contributed by atoms with Crippen LogP contribution in [0.1, 0.15) is 36.7 Å². The Morgan fingerprint density at radius 2 is 1.78 bits per heavy atom. The Labute approximate surface area is 107 Å². The summed E-state index contributed by atoms with van der Waals surface area (Å²) in [5.74, 6) is -0.335. The summed E-state index contributed by atoms with van der Waals surface area (Å²) in [5.41, 5.74) is 7.15. The van der Waals surface area contributed by atoms with Crippen molar-refractivity contribution >= 4 is 11.8 Å². The third-order valence-electron chi connectivity index (χ3n) is 2.73. The number of rotatable bonds is 5. The molecule has 0 saturated carbocycles. The van der Waals surface area contributed by atoms with Crippen LogP contribution in [0.15, 0.2) is 24.3 Å². The quantitative estimate of drug-likeness (QED) is 0.639. The average molecular weight is 249 g/mol. The minimum Gasteiger partial charge on any atom is -0.460 e. The molecule has 0 heterocycles. The first-order chi connectivity index (χ1) is 8.41. The second kappa shape index (κ2) is 6.31. The van der Waals surface area contributed by atoms with Crippen LogP contribution in [0.25, 0.3) is 0 Å². The predicted octanol–water partition coefficient (Wildman–Crippen LogP) is 1.92. The summed E-state index contributed by atoms with van der Waals surface area (Å²) in [6.45, 7) is 5.43. The van der Waals surface area contributed by atoms with Crippen LogP contribution in [0.3, 0.4) is 0 Å². The summed E-state index contributed by atoms with van der Waals surface area (Å²) in [6, 6.07) is 6.37. The van der Waals surface area contributed by atoms with Gasteiger partial charge in [0, 0.05) is 5.56 Å². The normalized spacial score (nSPS) is 12.3. The molecule has 0 bridgehead atoms. The number of nitrogens with two attached hydrogens (primary N) is 1.